The lowest BCUT2D eigenvalue weighted by atomic mass is 9.84. The predicted molar refractivity (Wildman–Crippen MR) is 89.4 cm³/mol. The molecule has 2 atom stereocenters. The second-order valence-electron chi connectivity index (χ2n) is 6.34. The second kappa shape index (κ2) is 5.19. The van der Waals surface area contributed by atoms with Gasteiger partial charge in [-0.1, -0.05) is 48.5 Å². The van der Waals surface area contributed by atoms with Gasteiger partial charge >= 0.3 is 0 Å². The maximum Gasteiger partial charge on any atom is 0.0917 e. The Morgan fingerprint density at radius 1 is 0.857 bits per heavy atom. The summed E-state index contributed by atoms with van der Waals surface area (Å²) in [6.07, 6.45) is 4.37. The van der Waals surface area contributed by atoms with E-state index in [9.17, 15) is 5.11 Å². The lowest BCUT2D eigenvalue weighted by molar-refractivity contribution is 0.0197. The molecule has 1 N–H and O–H groups in total. The molecular weight excluding hydrogens is 276 g/mol. The maximum absolute atomic E-state index is 11.2. The van der Waals surface area contributed by atoms with E-state index in [0.29, 0.717) is 10.5 Å². The highest BCUT2D eigenvalue weighted by Gasteiger charge is 2.44. The van der Waals surface area contributed by atoms with Crippen LogP contribution in [-0.4, -0.2) is 15.6 Å². The molecule has 2 aliphatic heterocycles. The first-order valence-corrected chi connectivity index (χ1v) is 8.71. The van der Waals surface area contributed by atoms with Crippen molar-refractivity contribution in [3.05, 3.63) is 60.2 Å². The number of hydrogen-bond donors (Lipinski definition) is 1. The Morgan fingerprint density at radius 3 is 2.24 bits per heavy atom. The van der Waals surface area contributed by atoms with Crippen LogP contribution >= 0.6 is 11.8 Å². The van der Waals surface area contributed by atoms with Gasteiger partial charge in [-0.05, 0) is 48.4 Å². The molecule has 2 aliphatic rings. The second-order valence-corrected chi connectivity index (χ2v) is 7.95. The highest BCUT2D eigenvalue weighted by atomic mass is 32.2. The van der Waals surface area contributed by atoms with E-state index >= 15 is 0 Å². The largest absolute Gasteiger partial charge is 0.385 e. The molecule has 2 aromatic carbocycles. The average Bonchev–Trinajstić information content (AvgIpc) is 2.88. The molecule has 2 saturated heterocycles. The van der Waals surface area contributed by atoms with Crippen LogP contribution in [0.4, 0.5) is 0 Å². The standard InChI is InChI=1S/C19H20OS/c20-19(12-17-9-10-18(13-19)21-17)16-8-4-7-15(11-16)14-5-2-1-3-6-14/h1-8,11,17-18,20H,9-10,12-13H2. The molecule has 0 amide bonds. The Labute approximate surface area is 130 Å². The van der Waals surface area contributed by atoms with Gasteiger partial charge in [0, 0.05) is 10.5 Å². The van der Waals surface area contributed by atoms with Gasteiger partial charge in [0.15, 0.2) is 0 Å². The van der Waals surface area contributed by atoms with Crippen LogP contribution in [-0.2, 0) is 5.60 Å². The quantitative estimate of drug-likeness (QED) is 0.874. The van der Waals surface area contributed by atoms with Crippen LogP contribution in [0.2, 0.25) is 0 Å². The summed E-state index contributed by atoms with van der Waals surface area (Å²) < 4.78 is 0. The van der Waals surface area contributed by atoms with Gasteiger partial charge in [-0.25, -0.2) is 0 Å². The zero-order valence-corrected chi connectivity index (χ0v) is 12.9. The molecule has 0 aliphatic carbocycles. The minimum atomic E-state index is -0.623. The summed E-state index contributed by atoms with van der Waals surface area (Å²) in [6, 6.07) is 18.9. The number of thioether (sulfide) groups is 1. The monoisotopic (exact) mass is 296 g/mol. The SMILES string of the molecule is OC1(c2cccc(-c3ccccc3)c2)CC2CCC(C1)S2. The first-order chi connectivity index (χ1) is 10.2. The van der Waals surface area contributed by atoms with E-state index in [1.54, 1.807) is 0 Å². The smallest absolute Gasteiger partial charge is 0.0917 e. The van der Waals surface area contributed by atoms with Crippen molar-refractivity contribution < 1.29 is 5.11 Å². The van der Waals surface area contributed by atoms with Gasteiger partial charge < -0.3 is 5.11 Å². The summed E-state index contributed by atoms with van der Waals surface area (Å²) in [7, 11) is 0. The van der Waals surface area contributed by atoms with Gasteiger partial charge in [-0.3, -0.25) is 0 Å². The normalized spacial score (nSPS) is 31.3. The predicted octanol–water partition coefficient (Wildman–Crippen LogP) is 4.60. The summed E-state index contributed by atoms with van der Waals surface area (Å²) in [5.74, 6) is 0. The molecule has 4 rings (SSSR count). The number of rotatable bonds is 2. The molecule has 2 fully saturated rings. The number of aliphatic hydroxyl groups is 1. The van der Waals surface area contributed by atoms with Crippen molar-refractivity contribution in [2.45, 2.75) is 41.8 Å². The highest BCUT2D eigenvalue weighted by molar-refractivity contribution is 8.00. The average molecular weight is 296 g/mol. The lowest BCUT2D eigenvalue weighted by Gasteiger charge is -2.36. The Balaban J connectivity index is 1.69. The zero-order valence-electron chi connectivity index (χ0n) is 12.0. The van der Waals surface area contributed by atoms with E-state index in [-0.39, 0.29) is 0 Å². The Kier molecular flexibility index (Phi) is 3.31. The molecule has 0 radical (unpaired) electrons. The first-order valence-electron chi connectivity index (χ1n) is 7.77. The zero-order chi connectivity index (χ0) is 14.3. The molecule has 2 bridgehead atoms. The van der Waals surface area contributed by atoms with Gasteiger partial charge in [0.05, 0.1) is 5.60 Å². The van der Waals surface area contributed by atoms with Crippen molar-refractivity contribution in [1.29, 1.82) is 0 Å². The fourth-order valence-electron chi connectivity index (χ4n) is 3.77. The van der Waals surface area contributed by atoms with Crippen LogP contribution < -0.4 is 0 Å². The molecular formula is C19H20OS. The van der Waals surface area contributed by atoms with Crippen molar-refractivity contribution in [3.63, 3.8) is 0 Å². The molecule has 0 aromatic heterocycles. The summed E-state index contributed by atoms with van der Waals surface area (Å²) in [6.45, 7) is 0. The molecule has 2 unspecified atom stereocenters. The minimum absolute atomic E-state index is 0.623. The van der Waals surface area contributed by atoms with Crippen molar-refractivity contribution >= 4 is 11.8 Å². The van der Waals surface area contributed by atoms with E-state index in [1.807, 2.05) is 6.07 Å². The van der Waals surface area contributed by atoms with Crippen molar-refractivity contribution in [2.24, 2.45) is 0 Å². The van der Waals surface area contributed by atoms with Crippen LogP contribution in [0.5, 0.6) is 0 Å². The van der Waals surface area contributed by atoms with Gasteiger partial charge in [0.2, 0.25) is 0 Å². The third-order valence-corrected chi connectivity index (χ3v) is 6.41. The Hall–Kier alpha value is -1.25. The van der Waals surface area contributed by atoms with Crippen LogP contribution in [0.25, 0.3) is 11.1 Å². The van der Waals surface area contributed by atoms with Gasteiger partial charge in [0.1, 0.15) is 0 Å². The van der Waals surface area contributed by atoms with Crippen LogP contribution in [0.1, 0.15) is 31.2 Å². The number of hydrogen-bond acceptors (Lipinski definition) is 2. The fraction of sp³-hybridized carbons (Fsp3) is 0.368. The van der Waals surface area contributed by atoms with Crippen LogP contribution in [0.15, 0.2) is 54.6 Å². The summed E-state index contributed by atoms with van der Waals surface area (Å²) in [4.78, 5) is 0. The van der Waals surface area contributed by atoms with Gasteiger partial charge in [0.25, 0.3) is 0 Å². The first kappa shape index (κ1) is 13.4. The van der Waals surface area contributed by atoms with Crippen molar-refractivity contribution in [2.75, 3.05) is 0 Å². The molecule has 108 valence electrons. The van der Waals surface area contributed by atoms with E-state index in [2.05, 4.69) is 60.3 Å². The van der Waals surface area contributed by atoms with Crippen LogP contribution in [0.3, 0.4) is 0 Å². The number of benzene rings is 2. The summed E-state index contributed by atoms with van der Waals surface area (Å²) >= 11 is 2.09. The maximum atomic E-state index is 11.2. The highest BCUT2D eigenvalue weighted by Crippen LogP contribution is 2.51. The molecule has 0 saturated carbocycles. The van der Waals surface area contributed by atoms with Gasteiger partial charge in [-0.2, -0.15) is 11.8 Å². The third kappa shape index (κ3) is 2.51. The fourth-order valence-corrected chi connectivity index (χ4v) is 5.60. The molecule has 1 nitrogen and oxygen atoms in total. The van der Waals surface area contributed by atoms with E-state index < -0.39 is 5.60 Å². The van der Waals surface area contributed by atoms with Gasteiger partial charge in [-0.15, -0.1) is 0 Å². The van der Waals surface area contributed by atoms with Crippen LogP contribution in [0, 0.1) is 0 Å². The summed E-state index contributed by atoms with van der Waals surface area (Å²) in [5.41, 5.74) is 2.89. The molecule has 2 heteroatoms. The number of fused-ring (bicyclic) bond motifs is 2. The van der Waals surface area contributed by atoms with E-state index in [0.717, 1.165) is 18.4 Å². The topological polar surface area (TPSA) is 20.2 Å². The Morgan fingerprint density at radius 2 is 1.52 bits per heavy atom. The van der Waals surface area contributed by atoms with E-state index in [1.165, 1.54) is 24.0 Å². The van der Waals surface area contributed by atoms with Crippen molar-refractivity contribution in [3.8, 4) is 11.1 Å². The molecule has 2 aromatic rings. The molecule has 21 heavy (non-hydrogen) atoms. The lowest BCUT2D eigenvalue weighted by Crippen LogP contribution is -2.34. The Bertz CT molecular complexity index is 625. The third-order valence-electron chi connectivity index (χ3n) is 4.83. The van der Waals surface area contributed by atoms with Crippen molar-refractivity contribution in [1.82, 2.24) is 0 Å². The molecule has 2 heterocycles. The minimum Gasteiger partial charge on any atom is -0.385 e. The van der Waals surface area contributed by atoms with E-state index in [4.69, 9.17) is 0 Å². The molecule has 0 spiro atoms. The summed E-state index contributed by atoms with van der Waals surface area (Å²) in [5, 5.41) is 12.5.